The summed E-state index contributed by atoms with van der Waals surface area (Å²) in [6.45, 7) is 0.714. The van der Waals surface area contributed by atoms with Gasteiger partial charge >= 0.3 is 5.97 Å². The molecule has 0 radical (unpaired) electrons. The van der Waals surface area contributed by atoms with Crippen LogP contribution >= 0.6 is 15.9 Å². The van der Waals surface area contributed by atoms with E-state index in [1.54, 1.807) is 12.3 Å². The molecule has 1 aliphatic rings. The van der Waals surface area contributed by atoms with E-state index in [0.29, 0.717) is 22.8 Å². The molecule has 0 saturated heterocycles. The van der Waals surface area contributed by atoms with Crippen LogP contribution in [0.5, 0.6) is 0 Å². The molecule has 1 fully saturated rings. The Morgan fingerprint density at radius 2 is 2.28 bits per heavy atom. The average Bonchev–Trinajstić information content (AvgIpc) is 2.26. The molecule has 1 aliphatic carbocycles. The van der Waals surface area contributed by atoms with Crippen LogP contribution in [0.2, 0.25) is 0 Å². The zero-order valence-corrected chi connectivity index (χ0v) is 11.6. The summed E-state index contributed by atoms with van der Waals surface area (Å²) in [5.74, 6) is -0.108. The van der Waals surface area contributed by atoms with Crippen LogP contribution < -0.4 is 4.90 Å². The van der Waals surface area contributed by atoms with Gasteiger partial charge in [0.1, 0.15) is 11.4 Å². The minimum Gasteiger partial charge on any atom is -0.478 e. The summed E-state index contributed by atoms with van der Waals surface area (Å²) in [4.78, 5) is 17.2. The van der Waals surface area contributed by atoms with E-state index in [2.05, 4.69) is 20.9 Å². The molecular formula is C12H15BrN2O3. The molecule has 0 atom stereocenters. The van der Waals surface area contributed by atoms with Gasteiger partial charge in [-0.2, -0.15) is 0 Å². The summed E-state index contributed by atoms with van der Waals surface area (Å²) in [6, 6.07) is 1.55. The topological polar surface area (TPSA) is 73.7 Å². The summed E-state index contributed by atoms with van der Waals surface area (Å²) >= 11 is 3.22. The van der Waals surface area contributed by atoms with Gasteiger partial charge in [-0.25, -0.2) is 9.78 Å². The van der Waals surface area contributed by atoms with Crippen LogP contribution in [-0.4, -0.2) is 40.9 Å². The van der Waals surface area contributed by atoms with E-state index in [1.807, 2.05) is 11.9 Å². The third-order valence-corrected chi connectivity index (χ3v) is 3.60. The molecule has 1 aromatic rings. The second-order valence-electron chi connectivity index (χ2n) is 4.70. The summed E-state index contributed by atoms with van der Waals surface area (Å²) in [5.41, 5.74) is 0.187. The van der Waals surface area contributed by atoms with Crippen molar-refractivity contribution in [2.45, 2.75) is 18.9 Å². The smallest absolute Gasteiger partial charge is 0.339 e. The molecule has 2 N–H and O–H groups in total. The second-order valence-corrected chi connectivity index (χ2v) is 5.62. The standard InChI is InChI=1S/C12H15BrN2O3/c1-15(6-7-2-9(16)3-7)11-10(12(17)18)4-8(13)5-14-11/h4-5,7,9,16H,2-3,6H2,1H3,(H,17,18). The maximum atomic E-state index is 11.2. The Kier molecular flexibility index (Phi) is 3.87. The predicted molar refractivity (Wildman–Crippen MR) is 70.9 cm³/mol. The highest BCUT2D eigenvalue weighted by Gasteiger charge is 2.29. The molecular weight excluding hydrogens is 300 g/mol. The number of carboxylic acid groups (broad SMARTS) is 1. The maximum absolute atomic E-state index is 11.2. The van der Waals surface area contributed by atoms with E-state index in [9.17, 15) is 9.90 Å². The Labute approximate surface area is 114 Å². The molecule has 0 unspecified atom stereocenters. The normalized spacial score (nSPS) is 22.4. The van der Waals surface area contributed by atoms with Crippen molar-refractivity contribution < 1.29 is 15.0 Å². The number of aromatic carboxylic acids is 1. The Bertz CT molecular complexity index is 461. The van der Waals surface area contributed by atoms with Crippen LogP contribution in [0, 0.1) is 5.92 Å². The van der Waals surface area contributed by atoms with Gasteiger partial charge in [-0.05, 0) is 40.8 Å². The summed E-state index contributed by atoms with van der Waals surface area (Å²) in [7, 11) is 1.83. The number of aromatic nitrogens is 1. The zero-order valence-electron chi connectivity index (χ0n) is 10.0. The van der Waals surface area contributed by atoms with Gasteiger partial charge in [0.05, 0.1) is 6.10 Å². The lowest BCUT2D eigenvalue weighted by molar-refractivity contribution is 0.0463. The van der Waals surface area contributed by atoms with Gasteiger partial charge in [0.2, 0.25) is 0 Å². The highest BCUT2D eigenvalue weighted by Crippen LogP contribution is 2.29. The van der Waals surface area contributed by atoms with Gasteiger partial charge in [0.25, 0.3) is 0 Å². The maximum Gasteiger partial charge on any atom is 0.339 e. The number of hydrogen-bond donors (Lipinski definition) is 2. The molecule has 0 bridgehead atoms. The van der Waals surface area contributed by atoms with Crippen molar-refractivity contribution in [2.24, 2.45) is 5.92 Å². The molecule has 5 nitrogen and oxygen atoms in total. The monoisotopic (exact) mass is 314 g/mol. The van der Waals surface area contributed by atoms with Crippen LogP contribution in [0.25, 0.3) is 0 Å². The van der Waals surface area contributed by atoms with E-state index in [-0.39, 0.29) is 11.7 Å². The van der Waals surface area contributed by atoms with Crippen molar-refractivity contribution in [3.8, 4) is 0 Å². The number of rotatable bonds is 4. The number of aliphatic hydroxyl groups is 1. The number of halogens is 1. The predicted octanol–water partition coefficient (Wildman–Crippen LogP) is 1.75. The first-order chi connectivity index (χ1) is 8.47. The van der Waals surface area contributed by atoms with Crippen molar-refractivity contribution in [3.63, 3.8) is 0 Å². The van der Waals surface area contributed by atoms with E-state index < -0.39 is 5.97 Å². The van der Waals surface area contributed by atoms with Crippen LogP contribution in [0.15, 0.2) is 16.7 Å². The quantitative estimate of drug-likeness (QED) is 0.885. The molecule has 0 amide bonds. The lowest BCUT2D eigenvalue weighted by atomic mass is 9.82. The fourth-order valence-electron chi connectivity index (χ4n) is 2.22. The molecule has 98 valence electrons. The van der Waals surface area contributed by atoms with Crippen molar-refractivity contribution in [1.82, 2.24) is 4.98 Å². The van der Waals surface area contributed by atoms with Crippen molar-refractivity contribution >= 4 is 27.7 Å². The van der Waals surface area contributed by atoms with Gasteiger partial charge < -0.3 is 15.1 Å². The number of carbonyl (C=O) groups is 1. The van der Waals surface area contributed by atoms with Gasteiger partial charge in [-0.15, -0.1) is 0 Å². The molecule has 1 heterocycles. The molecule has 18 heavy (non-hydrogen) atoms. The summed E-state index contributed by atoms with van der Waals surface area (Å²) in [5, 5.41) is 18.4. The first-order valence-corrected chi connectivity index (χ1v) is 6.54. The fraction of sp³-hybridized carbons (Fsp3) is 0.500. The Hall–Kier alpha value is -1.14. The van der Waals surface area contributed by atoms with Gasteiger partial charge in [0, 0.05) is 24.3 Å². The van der Waals surface area contributed by atoms with Crippen LogP contribution in [0.1, 0.15) is 23.2 Å². The third-order valence-electron chi connectivity index (χ3n) is 3.17. The lowest BCUT2D eigenvalue weighted by Gasteiger charge is -2.35. The van der Waals surface area contributed by atoms with E-state index in [0.717, 1.165) is 12.8 Å². The average molecular weight is 315 g/mol. The van der Waals surface area contributed by atoms with Gasteiger partial charge in [-0.1, -0.05) is 0 Å². The first-order valence-electron chi connectivity index (χ1n) is 5.75. The number of aliphatic hydroxyl groups excluding tert-OH is 1. The molecule has 2 rings (SSSR count). The van der Waals surface area contributed by atoms with E-state index >= 15 is 0 Å². The second kappa shape index (κ2) is 5.24. The van der Waals surface area contributed by atoms with Gasteiger partial charge in [-0.3, -0.25) is 0 Å². The molecule has 1 aromatic heterocycles. The minimum atomic E-state index is -0.987. The van der Waals surface area contributed by atoms with Crippen LogP contribution in [-0.2, 0) is 0 Å². The van der Waals surface area contributed by atoms with Crippen LogP contribution in [0.4, 0.5) is 5.82 Å². The van der Waals surface area contributed by atoms with Crippen LogP contribution in [0.3, 0.4) is 0 Å². The number of pyridine rings is 1. The highest BCUT2D eigenvalue weighted by molar-refractivity contribution is 9.10. The molecule has 1 saturated carbocycles. The lowest BCUT2D eigenvalue weighted by Crippen LogP contribution is -2.37. The summed E-state index contributed by atoms with van der Waals surface area (Å²) < 4.78 is 0.649. The number of hydrogen-bond acceptors (Lipinski definition) is 4. The Balaban J connectivity index is 2.13. The van der Waals surface area contributed by atoms with Crippen molar-refractivity contribution in [2.75, 3.05) is 18.5 Å². The molecule has 0 aromatic carbocycles. The third kappa shape index (κ3) is 2.81. The number of nitrogens with zero attached hydrogens (tertiary/aromatic N) is 2. The van der Waals surface area contributed by atoms with E-state index in [4.69, 9.17) is 5.11 Å². The first kappa shape index (κ1) is 13.3. The summed E-state index contributed by atoms with van der Waals surface area (Å²) in [6.07, 6.45) is 2.96. The Morgan fingerprint density at radius 3 is 2.83 bits per heavy atom. The number of anilines is 1. The number of carboxylic acids is 1. The highest BCUT2D eigenvalue weighted by atomic mass is 79.9. The van der Waals surface area contributed by atoms with Gasteiger partial charge in [0.15, 0.2) is 0 Å². The minimum absolute atomic E-state index is 0.187. The fourth-order valence-corrected chi connectivity index (χ4v) is 2.55. The molecule has 0 aliphatic heterocycles. The SMILES string of the molecule is CN(CC1CC(O)C1)c1ncc(Br)cc1C(=O)O. The van der Waals surface area contributed by atoms with Crippen molar-refractivity contribution in [3.05, 3.63) is 22.3 Å². The molecule has 6 heteroatoms. The molecule has 0 spiro atoms. The van der Waals surface area contributed by atoms with Crippen molar-refractivity contribution in [1.29, 1.82) is 0 Å². The van der Waals surface area contributed by atoms with E-state index in [1.165, 1.54) is 0 Å². The Morgan fingerprint density at radius 1 is 1.61 bits per heavy atom. The largest absolute Gasteiger partial charge is 0.478 e. The zero-order chi connectivity index (χ0) is 13.3.